The summed E-state index contributed by atoms with van der Waals surface area (Å²) in [5.74, 6) is -0.953. The van der Waals surface area contributed by atoms with Crippen molar-refractivity contribution in [3.63, 3.8) is 0 Å². The van der Waals surface area contributed by atoms with Gasteiger partial charge in [0.25, 0.3) is 0 Å². The zero-order valence-electron chi connectivity index (χ0n) is 43.4. The quantitative estimate of drug-likeness (QED) is 0.0199. The molecule has 0 saturated heterocycles. The number of allylic oxidation sites excluding steroid dienone is 18. The molecule has 1 atom stereocenters. The van der Waals surface area contributed by atoms with Gasteiger partial charge in [0, 0.05) is 19.3 Å². The Balaban J connectivity index is 4.48. The topological polar surface area (TPSA) is 78.9 Å². The normalized spacial score (nSPS) is 12.9. The van der Waals surface area contributed by atoms with Crippen LogP contribution in [0.3, 0.4) is 0 Å². The number of esters is 3. The summed E-state index contributed by atoms with van der Waals surface area (Å²) in [4.78, 5) is 38.1. The van der Waals surface area contributed by atoms with E-state index in [1.165, 1.54) is 64.2 Å². The number of ether oxygens (including phenoxy) is 3. The molecule has 0 aromatic carbocycles. The van der Waals surface area contributed by atoms with Gasteiger partial charge in [-0.3, -0.25) is 14.4 Å². The molecule has 1 unspecified atom stereocenters. The van der Waals surface area contributed by atoms with Crippen molar-refractivity contribution in [3.8, 4) is 0 Å². The van der Waals surface area contributed by atoms with Gasteiger partial charge in [0.05, 0.1) is 0 Å². The van der Waals surface area contributed by atoms with E-state index in [1.807, 2.05) is 18.2 Å². The van der Waals surface area contributed by atoms with Crippen LogP contribution in [0, 0.1) is 0 Å². The molecule has 0 aliphatic heterocycles. The highest BCUT2D eigenvalue weighted by atomic mass is 16.6. The van der Waals surface area contributed by atoms with Crippen LogP contribution in [-0.4, -0.2) is 37.2 Å². The summed E-state index contributed by atoms with van der Waals surface area (Å²) in [5, 5.41) is 0. The highest BCUT2D eigenvalue weighted by Gasteiger charge is 2.19. The Labute approximate surface area is 412 Å². The molecule has 67 heavy (non-hydrogen) atoms. The zero-order valence-corrected chi connectivity index (χ0v) is 43.4. The molecule has 0 fully saturated rings. The van der Waals surface area contributed by atoms with Gasteiger partial charge in [0.2, 0.25) is 0 Å². The summed E-state index contributed by atoms with van der Waals surface area (Å²) in [5.41, 5.74) is 0. The lowest BCUT2D eigenvalue weighted by Crippen LogP contribution is -2.30. The highest BCUT2D eigenvalue weighted by Crippen LogP contribution is 2.14. The van der Waals surface area contributed by atoms with Crippen LogP contribution in [-0.2, 0) is 28.6 Å². The van der Waals surface area contributed by atoms with Gasteiger partial charge in [-0.25, -0.2) is 0 Å². The molecule has 6 nitrogen and oxygen atoms in total. The summed E-state index contributed by atoms with van der Waals surface area (Å²) in [6.45, 7) is 6.34. The maximum Gasteiger partial charge on any atom is 0.306 e. The minimum atomic E-state index is -0.804. The van der Waals surface area contributed by atoms with Crippen LogP contribution >= 0.6 is 0 Å². The van der Waals surface area contributed by atoms with Crippen molar-refractivity contribution >= 4 is 17.9 Å². The van der Waals surface area contributed by atoms with E-state index in [0.29, 0.717) is 19.3 Å². The predicted octanol–water partition coefficient (Wildman–Crippen LogP) is 18.3. The largest absolute Gasteiger partial charge is 0.462 e. The van der Waals surface area contributed by atoms with E-state index < -0.39 is 6.10 Å². The van der Waals surface area contributed by atoms with Crippen LogP contribution in [0.25, 0.3) is 0 Å². The molecule has 0 aromatic rings. The molecule has 0 heterocycles. The van der Waals surface area contributed by atoms with Gasteiger partial charge in [0.15, 0.2) is 6.10 Å². The second kappa shape index (κ2) is 54.7. The smallest absolute Gasteiger partial charge is 0.306 e. The number of carbonyl (C=O) groups excluding carboxylic acids is 3. The second-order valence-electron chi connectivity index (χ2n) is 17.8. The molecule has 0 spiro atoms. The Kier molecular flexibility index (Phi) is 51.5. The van der Waals surface area contributed by atoms with Crippen LogP contribution in [0.1, 0.15) is 239 Å². The third-order valence-electron chi connectivity index (χ3n) is 11.4. The Morgan fingerprint density at radius 2 is 0.657 bits per heavy atom. The van der Waals surface area contributed by atoms with E-state index in [9.17, 15) is 14.4 Å². The molecule has 0 rings (SSSR count). The number of rotatable bonds is 48. The van der Waals surface area contributed by atoms with Crippen LogP contribution < -0.4 is 0 Å². The van der Waals surface area contributed by atoms with E-state index in [1.54, 1.807) is 0 Å². The molecule has 0 aliphatic rings. The zero-order chi connectivity index (χ0) is 48.6. The number of hydrogen-bond acceptors (Lipinski definition) is 6. The van der Waals surface area contributed by atoms with Gasteiger partial charge >= 0.3 is 17.9 Å². The summed E-state index contributed by atoms with van der Waals surface area (Å²) in [6, 6.07) is 0. The first-order chi connectivity index (χ1) is 33.0. The molecule has 0 bridgehead atoms. The maximum atomic E-state index is 12.8. The summed E-state index contributed by atoms with van der Waals surface area (Å²) >= 11 is 0. The Morgan fingerprint density at radius 1 is 0.328 bits per heavy atom. The maximum absolute atomic E-state index is 12.8. The number of unbranched alkanes of at least 4 members (excludes halogenated alkanes) is 23. The fraction of sp³-hybridized carbons (Fsp3) is 0.656. The van der Waals surface area contributed by atoms with Gasteiger partial charge in [-0.15, -0.1) is 0 Å². The molecule has 0 aliphatic carbocycles. The monoisotopic (exact) mass is 929 g/mol. The van der Waals surface area contributed by atoms with Gasteiger partial charge in [-0.05, 0) is 96.3 Å². The second-order valence-corrected chi connectivity index (χ2v) is 17.8. The third-order valence-corrected chi connectivity index (χ3v) is 11.4. The molecular weight excluding hydrogens is 829 g/mol. The number of carbonyl (C=O) groups is 3. The first kappa shape index (κ1) is 63.1. The van der Waals surface area contributed by atoms with E-state index in [-0.39, 0.29) is 31.1 Å². The molecule has 380 valence electrons. The fourth-order valence-corrected chi connectivity index (χ4v) is 7.28. The van der Waals surface area contributed by atoms with Crippen molar-refractivity contribution < 1.29 is 28.6 Å². The predicted molar refractivity (Wildman–Crippen MR) is 288 cm³/mol. The molecule has 0 saturated carbocycles. The van der Waals surface area contributed by atoms with Crippen molar-refractivity contribution in [1.82, 2.24) is 0 Å². The molecule has 6 heteroatoms. The van der Waals surface area contributed by atoms with Crippen LogP contribution in [0.4, 0.5) is 0 Å². The van der Waals surface area contributed by atoms with Crippen LogP contribution in [0.2, 0.25) is 0 Å². The van der Waals surface area contributed by atoms with Crippen LogP contribution in [0.5, 0.6) is 0 Å². The third kappa shape index (κ3) is 52.9. The highest BCUT2D eigenvalue weighted by molar-refractivity contribution is 5.71. The Hall–Kier alpha value is -3.93. The van der Waals surface area contributed by atoms with Gasteiger partial charge in [-0.2, -0.15) is 0 Å². The summed E-state index contributed by atoms with van der Waals surface area (Å²) in [6.07, 6.45) is 73.5. The average molecular weight is 929 g/mol. The lowest BCUT2D eigenvalue weighted by Gasteiger charge is -2.18. The first-order valence-corrected chi connectivity index (χ1v) is 27.5. The van der Waals surface area contributed by atoms with Crippen molar-refractivity contribution in [2.45, 2.75) is 245 Å². The Bertz CT molecular complexity index is 1390. The van der Waals surface area contributed by atoms with Crippen molar-refractivity contribution in [2.24, 2.45) is 0 Å². The standard InChI is InChI=1S/C61H100O6/c1-4-7-10-13-16-19-22-25-28-30-31-34-36-39-42-45-48-51-54-60(63)66-57-58(56-65-59(62)53-50-47-44-41-38-35-32-27-24-21-18-15-12-9-6-3)67-61(64)55-52-49-46-43-40-37-33-29-26-23-20-17-14-11-8-5-2/h8-9,11-12,15,17-18,20-21,24,26-32,34,58H,4-7,10,13-14,16,19,22-23,25,33,35-57H2,1-3H3/b11-8-,12-9-,18-15-,20-17-,24-21-,29-26-,30-28-,32-27-,34-31-. The van der Waals surface area contributed by atoms with Crippen molar-refractivity contribution in [1.29, 1.82) is 0 Å². The van der Waals surface area contributed by atoms with Crippen LogP contribution in [0.15, 0.2) is 109 Å². The molecule has 0 N–H and O–H groups in total. The molecule has 0 aromatic heterocycles. The minimum Gasteiger partial charge on any atom is -0.462 e. The van der Waals surface area contributed by atoms with E-state index in [2.05, 4.69) is 112 Å². The molecule has 0 amide bonds. The fourth-order valence-electron chi connectivity index (χ4n) is 7.28. The van der Waals surface area contributed by atoms with Crippen molar-refractivity contribution in [3.05, 3.63) is 109 Å². The molecule has 0 radical (unpaired) electrons. The lowest BCUT2D eigenvalue weighted by molar-refractivity contribution is -0.167. The van der Waals surface area contributed by atoms with E-state index in [0.717, 1.165) is 135 Å². The SMILES string of the molecule is CC\C=C/C=C\C=C/C=C\CCCCCCCC(=O)OCC(COC(=O)CCCCCCC/C=C\C=C/CCCCCCCCC)OC(=O)CCCCCCCC/C=C\C/C=C\C/C=C\CC. The summed E-state index contributed by atoms with van der Waals surface area (Å²) < 4.78 is 16.8. The Morgan fingerprint density at radius 3 is 1.10 bits per heavy atom. The van der Waals surface area contributed by atoms with Gasteiger partial charge in [-0.1, -0.05) is 233 Å². The lowest BCUT2D eigenvalue weighted by atomic mass is 10.1. The first-order valence-electron chi connectivity index (χ1n) is 27.5. The van der Waals surface area contributed by atoms with E-state index in [4.69, 9.17) is 14.2 Å². The van der Waals surface area contributed by atoms with Crippen molar-refractivity contribution in [2.75, 3.05) is 13.2 Å². The number of hydrogen-bond donors (Lipinski definition) is 0. The van der Waals surface area contributed by atoms with Gasteiger partial charge < -0.3 is 14.2 Å². The van der Waals surface area contributed by atoms with E-state index >= 15 is 0 Å². The minimum absolute atomic E-state index is 0.101. The van der Waals surface area contributed by atoms with Gasteiger partial charge in [0.1, 0.15) is 13.2 Å². The average Bonchev–Trinajstić information content (AvgIpc) is 3.33. The summed E-state index contributed by atoms with van der Waals surface area (Å²) in [7, 11) is 0. The molecular formula is C61H100O6.